The van der Waals surface area contributed by atoms with Gasteiger partial charge in [0.15, 0.2) is 0 Å². The van der Waals surface area contributed by atoms with Gasteiger partial charge in [-0.05, 0) is 37.8 Å². The van der Waals surface area contributed by atoms with E-state index in [1.54, 1.807) is 16.9 Å². The van der Waals surface area contributed by atoms with E-state index in [4.69, 9.17) is 11.6 Å². The lowest BCUT2D eigenvalue weighted by atomic mass is 9.97. The standard InChI is InChI=1S/C17H20ClN3O2/c1-12-14(17(23)20-8-6-13(11-22)7-9-20)10-19-21(12)16-5-3-2-4-15(16)18/h2-5,10,13,22H,6-9,11H2,1H3. The number of aromatic nitrogens is 2. The van der Waals surface area contributed by atoms with Crippen molar-refractivity contribution in [2.75, 3.05) is 19.7 Å². The molecule has 1 fully saturated rings. The molecule has 5 nitrogen and oxygen atoms in total. The molecule has 1 N–H and O–H groups in total. The zero-order chi connectivity index (χ0) is 16.4. The lowest BCUT2D eigenvalue weighted by Crippen LogP contribution is -2.39. The van der Waals surface area contributed by atoms with Crippen LogP contribution in [0.4, 0.5) is 0 Å². The minimum Gasteiger partial charge on any atom is -0.396 e. The highest BCUT2D eigenvalue weighted by Crippen LogP contribution is 2.24. The quantitative estimate of drug-likeness (QED) is 0.939. The lowest BCUT2D eigenvalue weighted by molar-refractivity contribution is 0.0650. The highest BCUT2D eigenvalue weighted by atomic mass is 35.5. The first kappa shape index (κ1) is 16.0. The molecular formula is C17H20ClN3O2. The summed E-state index contributed by atoms with van der Waals surface area (Å²) in [7, 11) is 0. The normalized spacial score (nSPS) is 15.9. The molecule has 0 aliphatic carbocycles. The van der Waals surface area contributed by atoms with Gasteiger partial charge in [-0.2, -0.15) is 5.10 Å². The van der Waals surface area contributed by atoms with Crippen LogP contribution < -0.4 is 0 Å². The second-order valence-corrected chi connectivity index (χ2v) is 6.33. The van der Waals surface area contributed by atoms with Crippen LogP contribution in [0, 0.1) is 12.8 Å². The Bertz CT molecular complexity index is 706. The summed E-state index contributed by atoms with van der Waals surface area (Å²) < 4.78 is 1.70. The van der Waals surface area contributed by atoms with Gasteiger partial charge in [0.1, 0.15) is 0 Å². The predicted molar refractivity (Wildman–Crippen MR) is 89.0 cm³/mol. The summed E-state index contributed by atoms with van der Waals surface area (Å²) in [6, 6.07) is 7.44. The first-order valence-corrected chi connectivity index (χ1v) is 8.19. The number of carbonyl (C=O) groups excluding carboxylic acids is 1. The smallest absolute Gasteiger partial charge is 0.257 e. The summed E-state index contributed by atoms with van der Waals surface area (Å²) in [5.74, 6) is 0.309. The van der Waals surface area contributed by atoms with Gasteiger partial charge >= 0.3 is 0 Å². The zero-order valence-corrected chi connectivity index (χ0v) is 13.8. The zero-order valence-electron chi connectivity index (χ0n) is 13.1. The second-order valence-electron chi connectivity index (χ2n) is 5.93. The maximum absolute atomic E-state index is 12.7. The molecule has 0 unspecified atom stereocenters. The predicted octanol–water partition coefficient (Wildman–Crippen LogP) is 2.68. The third kappa shape index (κ3) is 3.12. The molecule has 23 heavy (non-hydrogen) atoms. The van der Waals surface area contributed by atoms with Crippen LogP contribution in [-0.2, 0) is 0 Å². The van der Waals surface area contributed by atoms with Crippen LogP contribution >= 0.6 is 11.6 Å². The van der Waals surface area contributed by atoms with Crippen molar-refractivity contribution in [3.63, 3.8) is 0 Å². The van der Waals surface area contributed by atoms with Crippen molar-refractivity contribution in [1.29, 1.82) is 0 Å². The molecule has 0 bridgehead atoms. The molecule has 1 aromatic carbocycles. The molecule has 1 amide bonds. The molecule has 2 heterocycles. The molecule has 0 atom stereocenters. The second kappa shape index (κ2) is 6.72. The maximum atomic E-state index is 12.7. The first-order valence-electron chi connectivity index (χ1n) is 7.81. The van der Waals surface area contributed by atoms with Crippen molar-refractivity contribution in [2.24, 2.45) is 5.92 Å². The number of aliphatic hydroxyl groups excluding tert-OH is 1. The Hall–Kier alpha value is -1.85. The Kier molecular flexibility index (Phi) is 4.68. The van der Waals surface area contributed by atoms with Gasteiger partial charge < -0.3 is 10.0 Å². The maximum Gasteiger partial charge on any atom is 0.257 e. The Morgan fingerprint density at radius 2 is 2.04 bits per heavy atom. The van der Waals surface area contributed by atoms with Crippen LogP contribution in [0.5, 0.6) is 0 Å². The Morgan fingerprint density at radius 1 is 1.35 bits per heavy atom. The van der Waals surface area contributed by atoms with Crippen molar-refractivity contribution < 1.29 is 9.90 Å². The summed E-state index contributed by atoms with van der Waals surface area (Å²) in [6.07, 6.45) is 3.30. The minimum atomic E-state index is -0.00260. The van der Waals surface area contributed by atoms with Crippen LogP contribution in [0.2, 0.25) is 5.02 Å². The van der Waals surface area contributed by atoms with E-state index >= 15 is 0 Å². The number of benzene rings is 1. The largest absolute Gasteiger partial charge is 0.396 e. The van der Waals surface area contributed by atoms with Gasteiger partial charge in [0.25, 0.3) is 5.91 Å². The monoisotopic (exact) mass is 333 g/mol. The number of hydrogen-bond acceptors (Lipinski definition) is 3. The summed E-state index contributed by atoms with van der Waals surface area (Å²) in [4.78, 5) is 14.6. The van der Waals surface area contributed by atoms with Crippen LogP contribution in [0.3, 0.4) is 0 Å². The molecule has 6 heteroatoms. The van der Waals surface area contributed by atoms with Gasteiger partial charge in [0, 0.05) is 19.7 Å². The number of amides is 1. The fraction of sp³-hybridized carbons (Fsp3) is 0.412. The van der Waals surface area contributed by atoms with E-state index in [2.05, 4.69) is 5.10 Å². The summed E-state index contributed by atoms with van der Waals surface area (Å²) >= 11 is 6.22. The van der Waals surface area contributed by atoms with Gasteiger partial charge in [0.05, 0.1) is 28.2 Å². The third-order valence-electron chi connectivity index (χ3n) is 4.48. The summed E-state index contributed by atoms with van der Waals surface area (Å²) in [5, 5.41) is 14.1. The number of hydrogen-bond donors (Lipinski definition) is 1. The van der Waals surface area contributed by atoms with Crippen LogP contribution in [0.1, 0.15) is 28.9 Å². The molecule has 2 aromatic rings. The molecule has 1 aliphatic rings. The molecule has 0 radical (unpaired) electrons. The molecule has 3 rings (SSSR count). The fourth-order valence-electron chi connectivity index (χ4n) is 2.97. The molecule has 1 aliphatic heterocycles. The molecule has 1 saturated heterocycles. The topological polar surface area (TPSA) is 58.4 Å². The number of piperidine rings is 1. The van der Waals surface area contributed by atoms with Crippen molar-refractivity contribution in [3.05, 3.63) is 46.7 Å². The van der Waals surface area contributed by atoms with Crippen molar-refractivity contribution >= 4 is 17.5 Å². The molecule has 0 saturated carbocycles. The first-order chi connectivity index (χ1) is 11.1. The van der Waals surface area contributed by atoms with Gasteiger partial charge in [-0.1, -0.05) is 23.7 Å². The lowest BCUT2D eigenvalue weighted by Gasteiger charge is -2.31. The number of rotatable bonds is 3. The number of nitrogens with zero attached hydrogens (tertiary/aromatic N) is 3. The van der Waals surface area contributed by atoms with E-state index < -0.39 is 0 Å². The minimum absolute atomic E-state index is 0.00260. The summed E-state index contributed by atoms with van der Waals surface area (Å²) in [5.41, 5.74) is 2.16. The van der Waals surface area contributed by atoms with E-state index in [-0.39, 0.29) is 12.5 Å². The third-order valence-corrected chi connectivity index (χ3v) is 4.80. The number of likely N-dealkylation sites (tertiary alicyclic amines) is 1. The highest BCUT2D eigenvalue weighted by Gasteiger charge is 2.26. The van der Waals surface area contributed by atoms with Gasteiger partial charge in [-0.25, -0.2) is 4.68 Å². The number of aliphatic hydroxyl groups is 1. The van der Waals surface area contributed by atoms with Crippen molar-refractivity contribution in [1.82, 2.24) is 14.7 Å². The molecule has 1 aromatic heterocycles. The fourth-order valence-corrected chi connectivity index (χ4v) is 3.19. The average Bonchev–Trinajstić information content (AvgIpc) is 2.96. The van der Waals surface area contributed by atoms with Crippen molar-refractivity contribution in [3.8, 4) is 5.69 Å². The Balaban J connectivity index is 1.82. The number of para-hydroxylation sites is 1. The number of halogens is 1. The van der Waals surface area contributed by atoms with Crippen LogP contribution in [-0.4, -0.2) is 45.4 Å². The van der Waals surface area contributed by atoms with Crippen LogP contribution in [0.15, 0.2) is 30.5 Å². The van der Waals surface area contributed by atoms with Gasteiger partial charge in [-0.3, -0.25) is 4.79 Å². The Morgan fingerprint density at radius 3 is 2.70 bits per heavy atom. The molecule has 0 spiro atoms. The molecule has 122 valence electrons. The van der Waals surface area contributed by atoms with E-state index in [0.717, 1.165) is 24.2 Å². The van der Waals surface area contributed by atoms with Gasteiger partial charge in [0.2, 0.25) is 0 Å². The highest BCUT2D eigenvalue weighted by molar-refractivity contribution is 6.32. The van der Waals surface area contributed by atoms with E-state index in [0.29, 0.717) is 29.6 Å². The van der Waals surface area contributed by atoms with Crippen LogP contribution in [0.25, 0.3) is 5.69 Å². The van der Waals surface area contributed by atoms with Gasteiger partial charge in [-0.15, -0.1) is 0 Å². The average molecular weight is 334 g/mol. The van der Waals surface area contributed by atoms with E-state index in [9.17, 15) is 9.90 Å². The number of carbonyl (C=O) groups is 1. The van der Waals surface area contributed by atoms with E-state index in [1.165, 1.54) is 0 Å². The van der Waals surface area contributed by atoms with Crippen molar-refractivity contribution in [2.45, 2.75) is 19.8 Å². The SMILES string of the molecule is Cc1c(C(=O)N2CCC(CO)CC2)cnn1-c1ccccc1Cl. The Labute approximate surface area is 140 Å². The summed E-state index contributed by atoms with van der Waals surface area (Å²) in [6.45, 7) is 3.44. The van der Waals surface area contributed by atoms with E-state index in [1.807, 2.05) is 30.0 Å². The molecular weight excluding hydrogens is 314 g/mol.